The van der Waals surface area contributed by atoms with Crippen LogP contribution in [0.2, 0.25) is 0 Å². The second kappa shape index (κ2) is 6.41. The Kier molecular flexibility index (Phi) is 4.77. The van der Waals surface area contributed by atoms with E-state index in [-0.39, 0.29) is 11.5 Å². The summed E-state index contributed by atoms with van der Waals surface area (Å²) in [6.07, 6.45) is 6.44. The average molecular weight is 317 g/mol. The molecular weight excluding hydrogens is 298 g/mol. The van der Waals surface area contributed by atoms with Crippen LogP contribution in [-0.4, -0.2) is 22.7 Å². The number of nitriles is 1. The number of amides is 1. The summed E-state index contributed by atoms with van der Waals surface area (Å²) in [6, 6.07) is 1.91. The summed E-state index contributed by atoms with van der Waals surface area (Å²) in [5.74, 6) is -2.27. The van der Waals surface area contributed by atoms with E-state index in [1.54, 1.807) is 18.3 Å². The predicted molar refractivity (Wildman–Crippen MR) is 85.1 cm³/mol. The van der Waals surface area contributed by atoms with Crippen molar-refractivity contribution in [2.24, 2.45) is 5.92 Å². The smallest absolute Gasteiger partial charge is 0.245 e. The lowest BCUT2D eigenvalue weighted by Gasteiger charge is -2.13. The molecule has 116 valence electrons. The first kappa shape index (κ1) is 16.4. The first-order valence-corrected chi connectivity index (χ1v) is 8.01. The van der Waals surface area contributed by atoms with Crippen molar-refractivity contribution in [3.8, 4) is 6.07 Å². The number of rotatable bonds is 5. The second-order valence-electron chi connectivity index (χ2n) is 6.40. The molecule has 1 unspecified atom stereocenters. The Morgan fingerprint density at radius 3 is 2.68 bits per heavy atom. The Hall–Kier alpha value is -2.00. The largest absolute Gasteiger partial charge is 0.352 e. The van der Waals surface area contributed by atoms with Crippen molar-refractivity contribution in [3.63, 3.8) is 0 Å². The lowest BCUT2D eigenvalue weighted by Crippen LogP contribution is -2.35. The molecule has 1 fully saturated rings. The van der Waals surface area contributed by atoms with E-state index in [0.717, 1.165) is 22.7 Å². The van der Waals surface area contributed by atoms with Crippen molar-refractivity contribution < 1.29 is 9.59 Å². The van der Waals surface area contributed by atoms with E-state index < -0.39 is 17.6 Å². The summed E-state index contributed by atoms with van der Waals surface area (Å²) >= 11 is 1.50. The highest BCUT2D eigenvalue weighted by Crippen LogP contribution is 2.27. The number of carbonyl (C=O) groups excluding carboxylic acids is 2. The number of hydrogen-bond donors (Lipinski definition) is 1. The molecule has 1 saturated carbocycles. The summed E-state index contributed by atoms with van der Waals surface area (Å²) in [4.78, 5) is 29.0. The van der Waals surface area contributed by atoms with Gasteiger partial charge in [-0.3, -0.25) is 9.59 Å². The van der Waals surface area contributed by atoms with Gasteiger partial charge in [-0.2, -0.15) is 5.26 Å². The van der Waals surface area contributed by atoms with Gasteiger partial charge in [-0.05, 0) is 25.0 Å². The molecule has 0 saturated heterocycles. The third-order valence-corrected chi connectivity index (χ3v) is 4.56. The SMILES string of the molecule is CC(C)(C)c1ncc(/C=C/C(=O)C(C#N)C(=O)NC2CC2)s1. The Morgan fingerprint density at radius 2 is 2.18 bits per heavy atom. The lowest BCUT2D eigenvalue weighted by atomic mass is 9.98. The van der Waals surface area contributed by atoms with E-state index in [1.165, 1.54) is 17.4 Å². The van der Waals surface area contributed by atoms with Crippen LogP contribution in [-0.2, 0) is 15.0 Å². The van der Waals surface area contributed by atoms with E-state index in [9.17, 15) is 9.59 Å². The fourth-order valence-electron chi connectivity index (χ4n) is 1.73. The van der Waals surface area contributed by atoms with Crippen LogP contribution in [0.3, 0.4) is 0 Å². The quantitative estimate of drug-likeness (QED) is 0.668. The summed E-state index contributed by atoms with van der Waals surface area (Å²) in [6.45, 7) is 6.20. The lowest BCUT2D eigenvalue weighted by molar-refractivity contribution is -0.129. The molecule has 1 aliphatic rings. The van der Waals surface area contributed by atoms with Gasteiger partial charge >= 0.3 is 0 Å². The zero-order chi connectivity index (χ0) is 16.3. The molecule has 0 aliphatic heterocycles. The average Bonchev–Trinajstić information content (AvgIpc) is 3.09. The zero-order valence-corrected chi connectivity index (χ0v) is 13.7. The number of carbonyl (C=O) groups is 2. The molecule has 22 heavy (non-hydrogen) atoms. The summed E-state index contributed by atoms with van der Waals surface area (Å²) in [7, 11) is 0. The highest BCUT2D eigenvalue weighted by molar-refractivity contribution is 7.12. The van der Waals surface area contributed by atoms with Crippen LogP contribution >= 0.6 is 11.3 Å². The molecule has 6 heteroatoms. The maximum atomic E-state index is 12.0. The van der Waals surface area contributed by atoms with E-state index in [4.69, 9.17) is 5.26 Å². The number of thiazole rings is 1. The number of aromatic nitrogens is 1. The van der Waals surface area contributed by atoms with E-state index >= 15 is 0 Å². The molecule has 1 N–H and O–H groups in total. The molecule has 1 aromatic rings. The highest BCUT2D eigenvalue weighted by Gasteiger charge is 2.30. The van der Waals surface area contributed by atoms with Crippen LogP contribution in [0.25, 0.3) is 6.08 Å². The van der Waals surface area contributed by atoms with Crippen molar-refractivity contribution in [2.45, 2.75) is 45.1 Å². The van der Waals surface area contributed by atoms with Gasteiger partial charge in [0.25, 0.3) is 0 Å². The standard InChI is InChI=1S/C16H19N3O2S/c1-16(2,3)15-18-9-11(22-15)6-7-13(20)12(8-17)14(21)19-10-4-5-10/h6-7,9-10,12H,4-5H2,1-3H3,(H,19,21)/b7-6+. The number of hydrogen-bond acceptors (Lipinski definition) is 5. The summed E-state index contributed by atoms with van der Waals surface area (Å²) in [5.41, 5.74) is -0.0416. The minimum absolute atomic E-state index is 0.0416. The zero-order valence-electron chi connectivity index (χ0n) is 12.9. The first-order valence-electron chi connectivity index (χ1n) is 7.19. The van der Waals surface area contributed by atoms with Crippen LogP contribution in [0, 0.1) is 17.2 Å². The number of nitrogens with one attached hydrogen (secondary N) is 1. The minimum atomic E-state index is -1.27. The van der Waals surface area contributed by atoms with Gasteiger partial charge in [0, 0.05) is 22.5 Å². The molecule has 1 aromatic heterocycles. The molecule has 1 aliphatic carbocycles. The predicted octanol–water partition coefficient (Wildman–Crippen LogP) is 2.44. The molecule has 0 spiro atoms. The molecule has 0 radical (unpaired) electrons. The summed E-state index contributed by atoms with van der Waals surface area (Å²) < 4.78 is 0. The first-order chi connectivity index (χ1) is 10.3. The molecule has 0 bridgehead atoms. The van der Waals surface area contributed by atoms with Gasteiger partial charge < -0.3 is 5.32 Å². The maximum absolute atomic E-state index is 12.0. The summed E-state index contributed by atoms with van der Waals surface area (Å²) in [5, 5.41) is 12.7. The topological polar surface area (TPSA) is 82.8 Å². The van der Waals surface area contributed by atoms with Gasteiger partial charge in [0.05, 0.1) is 11.1 Å². The fraction of sp³-hybridized carbons (Fsp3) is 0.500. The molecule has 2 rings (SSSR count). The van der Waals surface area contributed by atoms with Crippen LogP contribution in [0.4, 0.5) is 0 Å². The van der Waals surface area contributed by atoms with E-state index in [0.29, 0.717) is 0 Å². The van der Waals surface area contributed by atoms with Gasteiger partial charge in [0.2, 0.25) is 5.91 Å². The van der Waals surface area contributed by atoms with Crippen molar-refractivity contribution in [1.82, 2.24) is 10.3 Å². The Morgan fingerprint density at radius 1 is 1.50 bits per heavy atom. The molecule has 1 amide bonds. The van der Waals surface area contributed by atoms with Crippen LogP contribution in [0.1, 0.15) is 43.5 Å². The Balaban J connectivity index is 2.01. The van der Waals surface area contributed by atoms with E-state index in [1.807, 2.05) is 0 Å². The minimum Gasteiger partial charge on any atom is -0.352 e. The third kappa shape index (κ3) is 4.25. The fourth-order valence-corrected chi connectivity index (χ4v) is 2.61. The van der Waals surface area contributed by atoms with E-state index in [2.05, 4.69) is 31.1 Å². The highest BCUT2D eigenvalue weighted by atomic mass is 32.1. The molecule has 1 heterocycles. The van der Waals surface area contributed by atoms with Crippen molar-refractivity contribution in [1.29, 1.82) is 5.26 Å². The van der Waals surface area contributed by atoms with Gasteiger partial charge in [-0.25, -0.2) is 4.98 Å². The number of ketones is 1. The molecular formula is C16H19N3O2S. The maximum Gasteiger partial charge on any atom is 0.245 e. The molecule has 0 aromatic carbocycles. The van der Waals surface area contributed by atoms with Crippen LogP contribution in [0.5, 0.6) is 0 Å². The Labute approximate surface area is 134 Å². The number of allylic oxidation sites excluding steroid dienone is 1. The monoisotopic (exact) mass is 317 g/mol. The van der Waals surface area contributed by atoms with Gasteiger partial charge in [0.15, 0.2) is 11.7 Å². The third-order valence-electron chi connectivity index (χ3n) is 3.18. The second-order valence-corrected chi connectivity index (χ2v) is 7.46. The van der Waals surface area contributed by atoms with Crippen molar-refractivity contribution in [3.05, 3.63) is 22.2 Å². The Bertz CT molecular complexity index is 645. The van der Waals surface area contributed by atoms with Crippen molar-refractivity contribution in [2.75, 3.05) is 0 Å². The van der Waals surface area contributed by atoms with Crippen molar-refractivity contribution >= 4 is 29.1 Å². The van der Waals surface area contributed by atoms with Gasteiger partial charge in [-0.15, -0.1) is 11.3 Å². The van der Waals surface area contributed by atoms with Gasteiger partial charge in [-0.1, -0.05) is 20.8 Å². The molecule has 1 atom stereocenters. The van der Waals surface area contributed by atoms with Crippen LogP contribution in [0.15, 0.2) is 12.3 Å². The molecule has 5 nitrogen and oxygen atoms in total. The van der Waals surface area contributed by atoms with Gasteiger partial charge in [0.1, 0.15) is 0 Å². The number of nitrogens with zero attached hydrogens (tertiary/aromatic N) is 2. The normalized spacial score (nSPS) is 16.3. The van der Waals surface area contributed by atoms with Crippen LogP contribution < -0.4 is 5.32 Å².